The number of aryl methyl sites for hydroxylation is 1. The second-order valence-corrected chi connectivity index (χ2v) is 7.44. The summed E-state index contributed by atoms with van der Waals surface area (Å²) >= 11 is 0. The monoisotopic (exact) mass is 293 g/mol. The van der Waals surface area contributed by atoms with E-state index in [1.54, 1.807) is 19.1 Å². The van der Waals surface area contributed by atoms with Crippen LogP contribution in [0.1, 0.15) is 25.0 Å². The van der Waals surface area contributed by atoms with Gasteiger partial charge in [0.1, 0.15) is 6.61 Å². The first-order valence-electron chi connectivity index (χ1n) is 6.02. The molecule has 6 heteroatoms. The summed E-state index contributed by atoms with van der Waals surface area (Å²) in [5, 5.41) is 8.69. The van der Waals surface area contributed by atoms with Crippen molar-refractivity contribution in [2.24, 2.45) is 0 Å². The summed E-state index contributed by atoms with van der Waals surface area (Å²) in [6.07, 6.45) is 0. The van der Waals surface area contributed by atoms with E-state index in [1.807, 2.05) is 0 Å². The molecule has 0 bridgehead atoms. The molecule has 20 heavy (non-hydrogen) atoms. The first-order chi connectivity index (χ1) is 9.21. The average Bonchev–Trinajstić information content (AvgIpc) is 2.35. The summed E-state index contributed by atoms with van der Waals surface area (Å²) in [6.45, 7) is 4.29. The highest BCUT2D eigenvalue weighted by Crippen LogP contribution is 2.39. The third kappa shape index (κ3) is 1.99. The Morgan fingerprint density at radius 2 is 1.95 bits per heavy atom. The predicted molar refractivity (Wildman–Crippen MR) is 75.6 cm³/mol. The molecule has 0 spiro atoms. The lowest BCUT2D eigenvalue weighted by Crippen LogP contribution is -2.67. The van der Waals surface area contributed by atoms with Crippen LogP contribution in [0, 0.1) is 18.8 Å². The van der Waals surface area contributed by atoms with E-state index in [9.17, 15) is 13.2 Å². The molecule has 2 rings (SSSR count). The predicted octanol–water partition coefficient (Wildman–Crippen LogP) is 0.794. The number of carbonyl (C=O) groups excluding carboxylic acids is 1. The Hall–Kier alpha value is -1.84. The number of aliphatic hydroxyl groups is 1. The largest absolute Gasteiger partial charge is 0.384 e. The molecular formula is C14H15NO4S. The number of hydrogen-bond acceptors (Lipinski definition) is 4. The van der Waals surface area contributed by atoms with Gasteiger partial charge in [0.2, 0.25) is 0 Å². The second kappa shape index (κ2) is 4.62. The van der Waals surface area contributed by atoms with Crippen molar-refractivity contribution in [3.8, 4) is 11.8 Å². The van der Waals surface area contributed by atoms with Gasteiger partial charge in [-0.15, -0.1) is 0 Å². The van der Waals surface area contributed by atoms with Crippen molar-refractivity contribution in [3.05, 3.63) is 29.3 Å². The summed E-state index contributed by atoms with van der Waals surface area (Å²) < 4.78 is 23.7. The lowest BCUT2D eigenvalue weighted by atomic mass is 10.1. The minimum atomic E-state index is -3.67. The molecule has 1 aliphatic rings. The first kappa shape index (κ1) is 14.6. The van der Waals surface area contributed by atoms with Crippen molar-refractivity contribution in [2.45, 2.75) is 25.5 Å². The van der Waals surface area contributed by atoms with Gasteiger partial charge in [-0.2, -0.15) is 0 Å². The van der Waals surface area contributed by atoms with Gasteiger partial charge in [-0.25, -0.2) is 12.7 Å². The van der Waals surface area contributed by atoms with Crippen LogP contribution in [0.25, 0.3) is 0 Å². The van der Waals surface area contributed by atoms with Gasteiger partial charge in [0, 0.05) is 5.56 Å². The molecule has 1 N–H and O–H groups in total. The molecule has 0 aliphatic carbocycles. The van der Waals surface area contributed by atoms with Gasteiger partial charge in [-0.1, -0.05) is 11.8 Å². The van der Waals surface area contributed by atoms with E-state index >= 15 is 0 Å². The molecule has 0 aromatic heterocycles. The zero-order chi connectivity index (χ0) is 15.1. The molecule has 106 valence electrons. The Labute approximate surface area is 118 Å². The fourth-order valence-corrected chi connectivity index (χ4v) is 3.47. The molecule has 1 saturated heterocycles. The summed E-state index contributed by atoms with van der Waals surface area (Å²) in [4.78, 5) is 12.0. The molecule has 1 aromatic carbocycles. The Kier molecular flexibility index (Phi) is 3.36. The molecule has 1 heterocycles. The van der Waals surface area contributed by atoms with E-state index in [1.165, 1.54) is 19.9 Å². The molecule has 1 fully saturated rings. The van der Waals surface area contributed by atoms with Gasteiger partial charge in [-0.3, -0.25) is 4.79 Å². The minimum Gasteiger partial charge on any atom is -0.384 e. The summed E-state index contributed by atoms with van der Waals surface area (Å²) in [6, 6.07) is 4.91. The van der Waals surface area contributed by atoms with Gasteiger partial charge in [0.05, 0.1) is 5.69 Å². The maximum Gasteiger partial charge on any atom is 0.263 e. The fourth-order valence-electron chi connectivity index (χ4n) is 2.00. The van der Waals surface area contributed by atoms with Gasteiger partial charge in [0.15, 0.2) is 4.75 Å². The average molecular weight is 293 g/mol. The number of benzene rings is 1. The van der Waals surface area contributed by atoms with Crippen molar-refractivity contribution in [3.63, 3.8) is 0 Å². The Balaban J connectivity index is 2.50. The molecule has 0 atom stereocenters. The van der Waals surface area contributed by atoms with Gasteiger partial charge in [0.25, 0.3) is 15.9 Å². The number of rotatable bonds is 1. The molecular weight excluding hydrogens is 278 g/mol. The van der Waals surface area contributed by atoms with Gasteiger partial charge < -0.3 is 5.11 Å². The van der Waals surface area contributed by atoms with E-state index in [4.69, 9.17) is 5.11 Å². The Morgan fingerprint density at radius 3 is 2.50 bits per heavy atom. The normalized spacial score (nSPS) is 19.0. The van der Waals surface area contributed by atoms with Crippen molar-refractivity contribution >= 4 is 21.6 Å². The van der Waals surface area contributed by atoms with E-state index in [-0.39, 0.29) is 12.3 Å². The number of amides is 1. The van der Waals surface area contributed by atoms with Crippen LogP contribution < -0.4 is 4.31 Å². The molecule has 0 saturated carbocycles. The van der Waals surface area contributed by atoms with E-state index in [0.717, 1.165) is 9.87 Å². The lowest BCUT2D eigenvalue weighted by Gasteiger charge is -2.43. The first-order valence-corrected chi connectivity index (χ1v) is 7.46. The molecule has 1 amide bonds. The zero-order valence-corrected chi connectivity index (χ0v) is 12.3. The van der Waals surface area contributed by atoms with Crippen molar-refractivity contribution in [1.82, 2.24) is 0 Å². The molecule has 1 aliphatic heterocycles. The molecule has 0 radical (unpaired) electrons. The summed E-state index contributed by atoms with van der Waals surface area (Å²) in [7, 11) is -3.67. The van der Waals surface area contributed by atoms with E-state index < -0.39 is 20.7 Å². The summed E-state index contributed by atoms with van der Waals surface area (Å²) in [5.74, 6) is 4.75. The topological polar surface area (TPSA) is 74.7 Å². The van der Waals surface area contributed by atoms with Crippen LogP contribution in [0.3, 0.4) is 0 Å². The van der Waals surface area contributed by atoms with E-state index in [2.05, 4.69) is 11.8 Å². The number of carbonyl (C=O) groups is 1. The Bertz CT molecular complexity index is 738. The maximum absolute atomic E-state index is 12.1. The van der Waals surface area contributed by atoms with Crippen molar-refractivity contribution < 1.29 is 18.3 Å². The fraction of sp³-hybridized carbons (Fsp3) is 0.357. The van der Waals surface area contributed by atoms with Crippen LogP contribution in [-0.4, -0.2) is 30.8 Å². The highest BCUT2D eigenvalue weighted by atomic mass is 32.2. The lowest BCUT2D eigenvalue weighted by molar-refractivity contribution is -0.120. The smallest absolute Gasteiger partial charge is 0.263 e. The summed E-state index contributed by atoms with van der Waals surface area (Å²) in [5.41, 5.74) is 1.63. The maximum atomic E-state index is 12.1. The van der Waals surface area contributed by atoms with Crippen LogP contribution in [0.15, 0.2) is 18.2 Å². The van der Waals surface area contributed by atoms with Crippen LogP contribution in [-0.2, 0) is 14.8 Å². The molecule has 1 aromatic rings. The number of hydrogen-bond donors (Lipinski definition) is 1. The number of anilines is 1. The van der Waals surface area contributed by atoms with Crippen LogP contribution in [0.4, 0.5) is 5.69 Å². The number of sulfonamides is 1. The van der Waals surface area contributed by atoms with Crippen LogP contribution in [0.2, 0.25) is 0 Å². The van der Waals surface area contributed by atoms with Crippen LogP contribution in [0.5, 0.6) is 0 Å². The number of nitrogens with zero attached hydrogens (tertiary/aromatic N) is 1. The minimum absolute atomic E-state index is 0.281. The van der Waals surface area contributed by atoms with Crippen molar-refractivity contribution in [2.75, 3.05) is 10.9 Å². The SMILES string of the molecule is Cc1cc(C#CCO)cc(N2C(=O)C(C)(C)S2(=O)=O)c1. The number of aliphatic hydroxyl groups excluding tert-OH is 1. The standard InChI is InChI=1S/C14H15NO4S/c1-10-7-11(5-4-6-16)9-12(8-10)15-13(17)14(2,3)20(15,18)19/h7-9,16H,6H2,1-3H3. The molecule has 0 unspecified atom stereocenters. The zero-order valence-electron chi connectivity index (χ0n) is 11.5. The third-order valence-corrected chi connectivity index (χ3v) is 5.51. The highest BCUT2D eigenvalue weighted by molar-refractivity contribution is 7.98. The molecule has 5 nitrogen and oxygen atoms in total. The Morgan fingerprint density at radius 1 is 1.30 bits per heavy atom. The van der Waals surface area contributed by atoms with Gasteiger partial charge in [-0.05, 0) is 44.5 Å². The quantitative estimate of drug-likeness (QED) is 0.777. The van der Waals surface area contributed by atoms with E-state index in [0.29, 0.717) is 5.56 Å². The van der Waals surface area contributed by atoms with Gasteiger partial charge >= 0.3 is 0 Å². The van der Waals surface area contributed by atoms with Crippen molar-refractivity contribution in [1.29, 1.82) is 0 Å². The second-order valence-electron chi connectivity index (χ2n) is 5.10. The highest BCUT2D eigenvalue weighted by Gasteiger charge is 2.60. The third-order valence-electron chi connectivity index (χ3n) is 3.19. The van der Waals surface area contributed by atoms with Crippen LogP contribution >= 0.6 is 0 Å².